The van der Waals surface area contributed by atoms with Gasteiger partial charge in [-0.05, 0) is 30.7 Å². The lowest BCUT2D eigenvalue weighted by molar-refractivity contribution is -0.132. The van der Waals surface area contributed by atoms with Crippen molar-refractivity contribution < 1.29 is 9.18 Å². The van der Waals surface area contributed by atoms with Crippen molar-refractivity contribution in [2.75, 3.05) is 36.8 Å². The van der Waals surface area contributed by atoms with Crippen LogP contribution in [0.5, 0.6) is 0 Å². The highest BCUT2D eigenvalue weighted by Crippen LogP contribution is 2.32. The minimum atomic E-state index is -0.246. The number of aromatic nitrogens is 2. The summed E-state index contributed by atoms with van der Waals surface area (Å²) in [5, 5.41) is 0.736. The topological polar surface area (TPSA) is 58.4 Å². The maximum atomic E-state index is 13.1. The van der Waals surface area contributed by atoms with Gasteiger partial charge >= 0.3 is 0 Å². The van der Waals surface area contributed by atoms with Gasteiger partial charge in [-0.15, -0.1) is 0 Å². The number of piperazine rings is 1. The second-order valence-corrected chi connectivity index (χ2v) is 8.49. The van der Waals surface area contributed by atoms with Crippen molar-refractivity contribution in [1.29, 1.82) is 0 Å². The zero-order valence-electron chi connectivity index (χ0n) is 16.5. The van der Waals surface area contributed by atoms with Crippen molar-refractivity contribution in [3.05, 3.63) is 52.2 Å². The van der Waals surface area contributed by atoms with Gasteiger partial charge in [0.25, 0.3) is 5.56 Å². The molecule has 0 spiro atoms. The normalized spacial score (nSPS) is 18.8. The van der Waals surface area contributed by atoms with Gasteiger partial charge in [0.15, 0.2) is 5.16 Å². The van der Waals surface area contributed by atoms with Crippen molar-refractivity contribution in [2.24, 2.45) is 0 Å². The second-order valence-electron chi connectivity index (χ2n) is 7.50. The molecule has 1 fully saturated rings. The first kappa shape index (κ1) is 19.9. The summed E-state index contributed by atoms with van der Waals surface area (Å²) in [6.07, 6.45) is 2.07. The Morgan fingerprint density at radius 1 is 1.21 bits per heavy atom. The first-order valence-corrected chi connectivity index (χ1v) is 11.1. The Kier molecular flexibility index (Phi) is 5.89. The maximum absolute atomic E-state index is 13.1. The summed E-state index contributed by atoms with van der Waals surface area (Å²) in [4.78, 5) is 34.0. The predicted octanol–water partition coefficient (Wildman–Crippen LogP) is 2.72. The minimum absolute atomic E-state index is 0.0534. The van der Waals surface area contributed by atoms with Crippen molar-refractivity contribution in [2.45, 2.75) is 37.4 Å². The molecule has 3 heterocycles. The summed E-state index contributed by atoms with van der Waals surface area (Å²) in [6.45, 7) is 4.76. The fourth-order valence-corrected chi connectivity index (χ4v) is 5.10. The van der Waals surface area contributed by atoms with Crippen LogP contribution in [0, 0.1) is 5.82 Å². The van der Waals surface area contributed by atoms with Crippen molar-refractivity contribution in [1.82, 2.24) is 14.5 Å². The van der Waals surface area contributed by atoms with Gasteiger partial charge in [-0.1, -0.05) is 25.1 Å². The van der Waals surface area contributed by atoms with Gasteiger partial charge in [0.2, 0.25) is 5.91 Å². The molecule has 0 bridgehead atoms. The zero-order chi connectivity index (χ0) is 20.4. The van der Waals surface area contributed by atoms with Gasteiger partial charge in [-0.2, -0.15) is 0 Å². The van der Waals surface area contributed by atoms with E-state index in [0.29, 0.717) is 25.3 Å². The SMILES string of the molecule is CCCc1cc(=O)n2c(n1)SCC2CC(=O)N1CCN(c2ccc(F)cc2)CC1. The van der Waals surface area contributed by atoms with Gasteiger partial charge in [0.1, 0.15) is 5.82 Å². The summed E-state index contributed by atoms with van der Waals surface area (Å²) >= 11 is 1.56. The molecule has 1 atom stereocenters. The van der Waals surface area contributed by atoms with E-state index in [1.165, 1.54) is 12.1 Å². The lowest BCUT2D eigenvalue weighted by atomic mass is 10.1. The number of amides is 1. The number of nitrogens with zero attached hydrogens (tertiary/aromatic N) is 4. The van der Waals surface area contributed by atoms with Gasteiger partial charge < -0.3 is 9.80 Å². The Balaban J connectivity index is 1.37. The molecule has 1 aromatic heterocycles. The Hall–Kier alpha value is -2.35. The van der Waals surface area contributed by atoms with Gasteiger partial charge in [0.05, 0.1) is 6.04 Å². The molecule has 8 heteroatoms. The molecule has 1 aromatic carbocycles. The maximum Gasteiger partial charge on any atom is 0.254 e. The number of aryl methyl sites for hydroxylation is 1. The molecule has 0 radical (unpaired) electrons. The van der Waals surface area contributed by atoms with Crippen LogP contribution in [0.3, 0.4) is 0 Å². The largest absolute Gasteiger partial charge is 0.368 e. The third-order valence-electron chi connectivity index (χ3n) is 5.48. The van der Waals surface area contributed by atoms with Crippen LogP contribution >= 0.6 is 11.8 Å². The summed E-state index contributed by atoms with van der Waals surface area (Å²) in [6, 6.07) is 7.93. The first-order valence-electron chi connectivity index (χ1n) is 10.1. The highest BCUT2D eigenvalue weighted by Gasteiger charge is 2.30. The van der Waals surface area contributed by atoms with Crippen LogP contribution < -0.4 is 10.5 Å². The number of carbonyl (C=O) groups is 1. The highest BCUT2D eigenvalue weighted by atomic mass is 32.2. The molecule has 2 aliphatic heterocycles. The average molecular weight is 417 g/mol. The highest BCUT2D eigenvalue weighted by molar-refractivity contribution is 7.99. The van der Waals surface area contributed by atoms with E-state index in [2.05, 4.69) is 16.8 Å². The fourth-order valence-electron chi connectivity index (χ4n) is 3.93. The molecule has 1 saturated heterocycles. The third-order valence-corrected chi connectivity index (χ3v) is 6.58. The van der Waals surface area contributed by atoms with Crippen LogP contribution in [0.25, 0.3) is 0 Å². The van der Waals surface area contributed by atoms with E-state index in [4.69, 9.17) is 0 Å². The molecule has 4 rings (SSSR count). The molecular formula is C21H25FN4O2S. The minimum Gasteiger partial charge on any atom is -0.368 e. The van der Waals surface area contributed by atoms with Gasteiger partial charge in [-0.25, -0.2) is 9.37 Å². The number of carbonyl (C=O) groups excluding carboxylic acids is 1. The monoisotopic (exact) mass is 416 g/mol. The standard InChI is InChI=1S/C21H25FN4O2S/c1-2-3-16-12-20(28)26-18(14-29-21(26)23-16)13-19(27)25-10-8-24(9-11-25)17-6-4-15(22)5-7-17/h4-7,12,18H,2-3,8-11,13-14H2,1H3. The molecule has 154 valence electrons. The van der Waals surface area contributed by atoms with Crippen LogP contribution in [0.15, 0.2) is 40.3 Å². The number of benzene rings is 1. The van der Waals surface area contributed by atoms with Crippen LogP contribution in [0.4, 0.5) is 10.1 Å². The van der Waals surface area contributed by atoms with E-state index in [-0.39, 0.29) is 23.3 Å². The van der Waals surface area contributed by atoms with Crippen LogP contribution in [-0.4, -0.2) is 52.3 Å². The molecular weight excluding hydrogens is 391 g/mol. The molecule has 1 unspecified atom stereocenters. The average Bonchev–Trinajstić information content (AvgIpc) is 3.12. The lowest BCUT2D eigenvalue weighted by Crippen LogP contribution is -2.49. The van der Waals surface area contributed by atoms with E-state index in [0.717, 1.165) is 42.5 Å². The molecule has 6 nitrogen and oxygen atoms in total. The summed E-state index contributed by atoms with van der Waals surface area (Å²) in [5.74, 6) is 0.537. The van der Waals surface area contributed by atoms with Crippen LogP contribution in [0.2, 0.25) is 0 Å². The predicted molar refractivity (Wildman–Crippen MR) is 112 cm³/mol. The number of thioether (sulfide) groups is 1. The molecule has 29 heavy (non-hydrogen) atoms. The first-order chi connectivity index (χ1) is 14.0. The summed E-state index contributed by atoms with van der Waals surface area (Å²) < 4.78 is 14.8. The van der Waals surface area contributed by atoms with Crippen molar-refractivity contribution >= 4 is 23.4 Å². The fraction of sp³-hybridized carbons (Fsp3) is 0.476. The molecule has 2 aliphatic rings. The van der Waals surface area contributed by atoms with E-state index in [1.54, 1.807) is 34.5 Å². The van der Waals surface area contributed by atoms with Gasteiger partial charge in [-0.3, -0.25) is 14.2 Å². The number of fused-ring (bicyclic) bond motifs is 1. The number of anilines is 1. The Morgan fingerprint density at radius 2 is 1.93 bits per heavy atom. The molecule has 1 amide bonds. The van der Waals surface area contributed by atoms with Crippen LogP contribution in [0.1, 0.15) is 31.5 Å². The van der Waals surface area contributed by atoms with E-state index in [1.807, 2.05) is 4.90 Å². The Labute approximate surface area is 173 Å². The Morgan fingerprint density at radius 3 is 2.62 bits per heavy atom. The molecule has 2 aromatic rings. The third kappa shape index (κ3) is 4.32. The van der Waals surface area contributed by atoms with Crippen LogP contribution in [-0.2, 0) is 11.2 Å². The van der Waals surface area contributed by atoms with E-state index in [9.17, 15) is 14.0 Å². The quantitative estimate of drug-likeness (QED) is 0.702. The summed E-state index contributed by atoms with van der Waals surface area (Å²) in [5.41, 5.74) is 1.75. The number of hydrogen-bond acceptors (Lipinski definition) is 5. The molecule has 0 N–H and O–H groups in total. The smallest absolute Gasteiger partial charge is 0.254 e. The van der Waals surface area contributed by atoms with Crippen molar-refractivity contribution in [3.8, 4) is 0 Å². The second kappa shape index (κ2) is 8.57. The molecule has 0 aliphatic carbocycles. The van der Waals surface area contributed by atoms with E-state index >= 15 is 0 Å². The number of halogens is 1. The van der Waals surface area contributed by atoms with E-state index < -0.39 is 0 Å². The van der Waals surface area contributed by atoms with Gasteiger partial charge in [0, 0.05) is 55.8 Å². The number of rotatable bonds is 5. The summed E-state index contributed by atoms with van der Waals surface area (Å²) in [7, 11) is 0. The Bertz CT molecular complexity index is 939. The zero-order valence-corrected chi connectivity index (χ0v) is 17.3. The number of hydrogen-bond donors (Lipinski definition) is 0. The van der Waals surface area contributed by atoms with Crippen molar-refractivity contribution in [3.63, 3.8) is 0 Å². The molecule has 0 saturated carbocycles. The lowest BCUT2D eigenvalue weighted by Gasteiger charge is -2.36.